The Kier molecular flexibility index (Phi) is 3.37. The molecule has 1 heterocycles. The number of nitrogens with one attached hydrogen (secondary N) is 2. The summed E-state index contributed by atoms with van der Waals surface area (Å²) >= 11 is 0. The molecule has 1 aromatic heterocycles. The number of aromatic nitrogens is 3. The molecule has 0 spiro atoms. The van der Waals surface area contributed by atoms with Crippen molar-refractivity contribution in [3.8, 4) is 5.75 Å². The van der Waals surface area contributed by atoms with Crippen LogP contribution < -0.4 is 10.1 Å². The summed E-state index contributed by atoms with van der Waals surface area (Å²) in [5, 5.41) is 9.66. The van der Waals surface area contributed by atoms with Gasteiger partial charge in [0.05, 0.1) is 7.11 Å². The Bertz CT molecular complexity index is 689. The van der Waals surface area contributed by atoms with Crippen LogP contribution >= 0.6 is 0 Å². The second kappa shape index (κ2) is 5.20. The smallest absolute Gasteiger partial charge is 0.295 e. The molecule has 2 N–H and O–H groups in total. The molecule has 1 aliphatic rings. The summed E-state index contributed by atoms with van der Waals surface area (Å²) in [7, 11) is 1.62. The van der Waals surface area contributed by atoms with Crippen molar-refractivity contribution in [3.63, 3.8) is 0 Å². The molecule has 3 rings (SSSR count). The number of nitrogens with zero attached hydrogens (tertiary/aromatic N) is 2. The maximum Gasteiger partial charge on any atom is 0.295 e. The van der Waals surface area contributed by atoms with Crippen LogP contribution in [0.3, 0.4) is 0 Å². The standard InChI is InChI=1S/C15H18N4O2/c1-8-4-7-11(9(2)12(8)21-3)16-15(20)14-17-13(18-19-14)10-5-6-10/h4,7,10H,5-6H2,1-3H3,(H,16,20)(H,17,18,19). The lowest BCUT2D eigenvalue weighted by atomic mass is 10.1. The molecule has 1 saturated carbocycles. The summed E-state index contributed by atoms with van der Waals surface area (Å²) in [6.07, 6.45) is 2.23. The van der Waals surface area contributed by atoms with Gasteiger partial charge in [0.15, 0.2) is 0 Å². The molecule has 1 aliphatic carbocycles. The van der Waals surface area contributed by atoms with Crippen LogP contribution in [-0.2, 0) is 0 Å². The van der Waals surface area contributed by atoms with Crippen molar-refractivity contribution in [1.82, 2.24) is 15.2 Å². The highest BCUT2D eigenvalue weighted by Gasteiger charge is 2.28. The van der Waals surface area contributed by atoms with E-state index in [9.17, 15) is 4.79 Å². The molecule has 0 radical (unpaired) electrons. The quantitative estimate of drug-likeness (QED) is 0.905. The lowest BCUT2D eigenvalue weighted by molar-refractivity contribution is 0.101. The van der Waals surface area contributed by atoms with Gasteiger partial charge in [-0.1, -0.05) is 6.07 Å². The van der Waals surface area contributed by atoms with E-state index in [0.717, 1.165) is 35.5 Å². The van der Waals surface area contributed by atoms with Crippen molar-refractivity contribution in [2.75, 3.05) is 12.4 Å². The molecule has 0 bridgehead atoms. The minimum Gasteiger partial charge on any atom is -0.496 e. The summed E-state index contributed by atoms with van der Waals surface area (Å²) in [5.41, 5.74) is 2.63. The van der Waals surface area contributed by atoms with Crippen LogP contribution in [0.2, 0.25) is 0 Å². The van der Waals surface area contributed by atoms with Gasteiger partial charge < -0.3 is 10.1 Å². The first-order valence-corrected chi connectivity index (χ1v) is 6.98. The number of hydrogen-bond donors (Lipinski definition) is 2. The third kappa shape index (κ3) is 2.61. The second-order valence-electron chi connectivity index (χ2n) is 5.36. The number of hydrogen-bond acceptors (Lipinski definition) is 4. The molecule has 1 amide bonds. The molecular formula is C15H18N4O2. The van der Waals surface area contributed by atoms with E-state index < -0.39 is 0 Å². The van der Waals surface area contributed by atoms with Gasteiger partial charge in [-0.3, -0.25) is 9.89 Å². The van der Waals surface area contributed by atoms with E-state index in [1.54, 1.807) is 7.11 Å². The molecule has 0 saturated heterocycles. The van der Waals surface area contributed by atoms with Crippen molar-refractivity contribution in [3.05, 3.63) is 34.9 Å². The molecule has 6 heteroatoms. The van der Waals surface area contributed by atoms with Crippen molar-refractivity contribution in [2.24, 2.45) is 0 Å². The maximum atomic E-state index is 12.2. The number of benzene rings is 1. The molecule has 2 aromatic rings. The summed E-state index contributed by atoms with van der Waals surface area (Å²) in [6, 6.07) is 3.77. The van der Waals surface area contributed by atoms with Crippen LogP contribution in [0.4, 0.5) is 5.69 Å². The number of carbonyl (C=O) groups excluding carboxylic acids is 1. The number of amides is 1. The largest absolute Gasteiger partial charge is 0.496 e. The van der Waals surface area contributed by atoms with Crippen LogP contribution in [0.1, 0.15) is 46.3 Å². The van der Waals surface area contributed by atoms with E-state index in [1.165, 1.54) is 0 Å². The number of aryl methyl sites for hydroxylation is 1. The summed E-state index contributed by atoms with van der Waals surface area (Å²) in [5.74, 6) is 1.89. The Labute approximate surface area is 122 Å². The zero-order valence-corrected chi connectivity index (χ0v) is 12.4. The zero-order valence-electron chi connectivity index (χ0n) is 12.4. The third-order valence-electron chi connectivity index (χ3n) is 3.72. The fraction of sp³-hybridized carbons (Fsp3) is 0.400. The lowest BCUT2D eigenvalue weighted by Crippen LogP contribution is -2.15. The molecule has 0 unspecified atom stereocenters. The average molecular weight is 286 g/mol. The minimum atomic E-state index is -0.313. The minimum absolute atomic E-state index is 0.177. The second-order valence-corrected chi connectivity index (χ2v) is 5.36. The summed E-state index contributed by atoms with van der Waals surface area (Å²) < 4.78 is 5.36. The highest BCUT2D eigenvalue weighted by atomic mass is 16.5. The van der Waals surface area contributed by atoms with Crippen LogP contribution in [0.15, 0.2) is 12.1 Å². The fourth-order valence-electron chi connectivity index (χ4n) is 2.37. The molecule has 0 aliphatic heterocycles. The number of anilines is 1. The summed E-state index contributed by atoms with van der Waals surface area (Å²) in [6.45, 7) is 3.88. The number of methoxy groups -OCH3 is 1. The highest BCUT2D eigenvalue weighted by molar-refractivity contribution is 6.02. The Morgan fingerprint density at radius 3 is 2.81 bits per heavy atom. The monoisotopic (exact) mass is 286 g/mol. The predicted octanol–water partition coefficient (Wildman–Crippen LogP) is 2.56. The van der Waals surface area contributed by atoms with E-state index in [0.29, 0.717) is 11.6 Å². The van der Waals surface area contributed by atoms with Gasteiger partial charge in [-0.25, -0.2) is 4.98 Å². The zero-order chi connectivity index (χ0) is 15.0. The Hall–Kier alpha value is -2.37. The normalized spacial score (nSPS) is 14.0. The Morgan fingerprint density at radius 1 is 1.38 bits per heavy atom. The molecule has 0 atom stereocenters. The van der Waals surface area contributed by atoms with Gasteiger partial charge in [0.1, 0.15) is 11.6 Å². The lowest BCUT2D eigenvalue weighted by Gasteiger charge is -2.13. The van der Waals surface area contributed by atoms with Crippen molar-refractivity contribution < 1.29 is 9.53 Å². The van der Waals surface area contributed by atoms with E-state index in [1.807, 2.05) is 26.0 Å². The van der Waals surface area contributed by atoms with Crippen LogP contribution in [0, 0.1) is 13.8 Å². The van der Waals surface area contributed by atoms with Crippen LogP contribution in [-0.4, -0.2) is 28.2 Å². The fourth-order valence-corrected chi connectivity index (χ4v) is 2.37. The van der Waals surface area contributed by atoms with Gasteiger partial charge >= 0.3 is 0 Å². The van der Waals surface area contributed by atoms with E-state index in [4.69, 9.17) is 4.74 Å². The number of aromatic amines is 1. The Balaban J connectivity index is 1.80. The van der Waals surface area contributed by atoms with E-state index in [2.05, 4.69) is 20.5 Å². The van der Waals surface area contributed by atoms with Gasteiger partial charge in [-0.05, 0) is 38.3 Å². The molecule has 6 nitrogen and oxygen atoms in total. The Morgan fingerprint density at radius 2 is 2.14 bits per heavy atom. The number of carbonyl (C=O) groups is 1. The van der Waals surface area contributed by atoms with Crippen LogP contribution in [0.25, 0.3) is 0 Å². The molecule has 21 heavy (non-hydrogen) atoms. The van der Waals surface area contributed by atoms with Gasteiger partial charge in [0, 0.05) is 17.2 Å². The SMILES string of the molecule is COc1c(C)ccc(NC(=O)c2n[nH]c(C3CC3)n2)c1C. The molecule has 110 valence electrons. The highest BCUT2D eigenvalue weighted by Crippen LogP contribution is 2.37. The summed E-state index contributed by atoms with van der Waals surface area (Å²) in [4.78, 5) is 16.5. The van der Waals surface area contributed by atoms with Gasteiger partial charge in [0.25, 0.3) is 5.91 Å². The van der Waals surface area contributed by atoms with Crippen molar-refractivity contribution in [1.29, 1.82) is 0 Å². The van der Waals surface area contributed by atoms with Gasteiger partial charge in [-0.15, -0.1) is 5.10 Å². The molecule has 1 fully saturated rings. The molecular weight excluding hydrogens is 268 g/mol. The number of ether oxygens (including phenoxy) is 1. The number of H-pyrrole nitrogens is 1. The first-order chi connectivity index (χ1) is 10.1. The van der Waals surface area contributed by atoms with Gasteiger partial charge in [0.2, 0.25) is 5.82 Å². The van der Waals surface area contributed by atoms with E-state index in [-0.39, 0.29) is 11.7 Å². The molecule has 1 aromatic carbocycles. The van der Waals surface area contributed by atoms with Crippen molar-refractivity contribution in [2.45, 2.75) is 32.6 Å². The maximum absolute atomic E-state index is 12.2. The average Bonchev–Trinajstić information content (AvgIpc) is 3.20. The third-order valence-corrected chi connectivity index (χ3v) is 3.72. The predicted molar refractivity (Wildman–Crippen MR) is 78.8 cm³/mol. The first-order valence-electron chi connectivity index (χ1n) is 6.98. The van der Waals surface area contributed by atoms with Crippen LogP contribution in [0.5, 0.6) is 5.75 Å². The number of rotatable bonds is 4. The van der Waals surface area contributed by atoms with Gasteiger partial charge in [-0.2, -0.15) is 0 Å². The van der Waals surface area contributed by atoms with E-state index >= 15 is 0 Å². The first kappa shape index (κ1) is 13.6. The topological polar surface area (TPSA) is 79.9 Å². The van der Waals surface area contributed by atoms with Crippen molar-refractivity contribution >= 4 is 11.6 Å².